The Morgan fingerprint density at radius 2 is 1.75 bits per heavy atom. The normalized spacial score (nSPS) is 11.0. The molecule has 0 amide bonds. The Morgan fingerprint density at radius 3 is 2.33 bits per heavy atom. The summed E-state index contributed by atoms with van der Waals surface area (Å²) in [5.41, 5.74) is 0. The van der Waals surface area contributed by atoms with E-state index >= 15 is 0 Å². The summed E-state index contributed by atoms with van der Waals surface area (Å²) in [5.74, 6) is 0. The second-order valence-corrected chi connectivity index (χ2v) is 3.09. The van der Waals surface area contributed by atoms with Crippen molar-refractivity contribution in [3.63, 3.8) is 0 Å². The average Bonchev–Trinajstić information content (AvgIpc) is 2.02. The Bertz CT molecular complexity index is 81.9. The van der Waals surface area contributed by atoms with Crippen molar-refractivity contribution in [1.29, 1.82) is 0 Å². The topological polar surface area (TPSA) is 18.5 Å². The summed E-state index contributed by atoms with van der Waals surface area (Å²) in [5, 5.41) is 0. The molecule has 12 heavy (non-hydrogen) atoms. The SMILES string of the molecule is [CH2]COCCCCCOC(C)C. The van der Waals surface area contributed by atoms with Crippen LogP contribution in [0, 0.1) is 6.92 Å². The summed E-state index contributed by atoms with van der Waals surface area (Å²) < 4.78 is 10.5. The summed E-state index contributed by atoms with van der Waals surface area (Å²) in [4.78, 5) is 0. The van der Waals surface area contributed by atoms with Crippen LogP contribution in [-0.4, -0.2) is 25.9 Å². The number of hydrogen-bond donors (Lipinski definition) is 0. The van der Waals surface area contributed by atoms with E-state index in [2.05, 4.69) is 20.8 Å². The Balaban J connectivity index is 2.82. The van der Waals surface area contributed by atoms with Crippen LogP contribution >= 0.6 is 0 Å². The zero-order valence-corrected chi connectivity index (χ0v) is 8.34. The lowest BCUT2D eigenvalue weighted by Crippen LogP contribution is -2.04. The van der Waals surface area contributed by atoms with Gasteiger partial charge in [0.2, 0.25) is 0 Å². The molecule has 0 N–H and O–H groups in total. The maximum Gasteiger partial charge on any atom is 0.0518 e. The monoisotopic (exact) mass is 173 g/mol. The highest BCUT2D eigenvalue weighted by Gasteiger charge is 1.93. The standard InChI is InChI=1S/C10H21O2/c1-4-11-8-6-5-7-9-12-10(2)3/h10H,1,4-9H2,2-3H3. The molecule has 0 spiro atoms. The van der Waals surface area contributed by atoms with Crippen molar-refractivity contribution >= 4 is 0 Å². The van der Waals surface area contributed by atoms with Gasteiger partial charge in [0.15, 0.2) is 0 Å². The second kappa shape index (κ2) is 9.01. The van der Waals surface area contributed by atoms with Crippen molar-refractivity contribution in [2.45, 2.75) is 39.2 Å². The summed E-state index contributed by atoms with van der Waals surface area (Å²) >= 11 is 0. The average molecular weight is 173 g/mol. The Morgan fingerprint density at radius 1 is 1.08 bits per heavy atom. The fraction of sp³-hybridized carbons (Fsp3) is 0.900. The molecule has 0 aromatic carbocycles. The molecule has 0 aliphatic heterocycles. The first-order valence-electron chi connectivity index (χ1n) is 4.76. The van der Waals surface area contributed by atoms with Crippen LogP contribution in [0.4, 0.5) is 0 Å². The van der Waals surface area contributed by atoms with Gasteiger partial charge in [-0.25, -0.2) is 0 Å². The smallest absolute Gasteiger partial charge is 0.0518 e. The van der Waals surface area contributed by atoms with E-state index in [1.165, 1.54) is 6.42 Å². The fourth-order valence-electron chi connectivity index (χ4n) is 0.904. The summed E-state index contributed by atoms with van der Waals surface area (Å²) in [7, 11) is 0. The van der Waals surface area contributed by atoms with Gasteiger partial charge in [-0.1, -0.05) is 0 Å². The predicted molar refractivity (Wildman–Crippen MR) is 51.1 cm³/mol. The number of rotatable bonds is 8. The first-order chi connectivity index (χ1) is 5.77. The molecular weight excluding hydrogens is 152 g/mol. The molecule has 2 nitrogen and oxygen atoms in total. The predicted octanol–water partition coefficient (Wildman–Crippen LogP) is 2.43. The van der Waals surface area contributed by atoms with E-state index < -0.39 is 0 Å². The van der Waals surface area contributed by atoms with Crippen LogP contribution in [0.15, 0.2) is 0 Å². The lowest BCUT2D eigenvalue weighted by molar-refractivity contribution is 0.0737. The van der Waals surface area contributed by atoms with Gasteiger partial charge in [0.05, 0.1) is 6.10 Å². The van der Waals surface area contributed by atoms with Gasteiger partial charge < -0.3 is 9.47 Å². The quantitative estimate of drug-likeness (QED) is 0.525. The van der Waals surface area contributed by atoms with Gasteiger partial charge in [0.25, 0.3) is 0 Å². The van der Waals surface area contributed by atoms with Crippen LogP contribution in [0.2, 0.25) is 0 Å². The molecule has 0 heterocycles. The van der Waals surface area contributed by atoms with Crippen molar-refractivity contribution < 1.29 is 9.47 Å². The lowest BCUT2D eigenvalue weighted by atomic mass is 10.2. The summed E-state index contributed by atoms with van der Waals surface area (Å²) in [6.45, 7) is 10.0. The van der Waals surface area contributed by atoms with E-state index in [0.717, 1.165) is 26.1 Å². The molecule has 2 heteroatoms. The molecule has 0 rings (SSSR count). The van der Waals surface area contributed by atoms with Crippen molar-refractivity contribution in [1.82, 2.24) is 0 Å². The molecule has 0 atom stereocenters. The lowest BCUT2D eigenvalue weighted by Gasteiger charge is -2.06. The molecule has 73 valence electrons. The third kappa shape index (κ3) is 9.92. The molecule has 0 saturated carbocycles. The zero-order chi connectivity index (χ0) is 9.23. The van der Waals surface area contributed by atoms with Crippen LogP contribution in [-0.2, 0) is 9.47 Å². The van der Waals surface area contributed by atoms with Crippen molar-refractivity contribution in [2.24, 2.45) is 0 Å². The first kappa shape index (κ1) is 11.9. The van der Waals surface area contributed by atoms with Gasteiger partial charge in [-0.2, -0.15) is 0 Å². The number of unbranched alkanes of at least 4 members (excludes halogenated alkanes) is 2. The van der Waals surface area contributed by atoms with Crippen molar-refractivity contribution in [3.05, 3.63) is 6.92 Å². The number of hydrogen-bond acceptors (Lipinski definition) is 2. The molecule has 0 aromatic heterocycles. The van der Waals surface area contributed by atoms with Gasteiger partial charge in [0, 0.05) is 19.8 Å². The van der Waals surface area contributed by atoms with Gasteiger partial charge in [0.1, 0.15) is 0 Å². The molecule has 0 aliphatic carbocycles. The summed E-state index contributed by atoms with van der Waals surface area (Å²) in [6.07, 6.45) is 3.81. The van der Waals surface area contributed by atoms with Crippen LogP contribution in [0.25, 0.3) is 0 Å². The number of ether oxygens (including phenoxy) is 2. The van der Waals surface area contributed by atoms with Gasteiger partial charge in [-0.15, -0.1) is 0 Å². The molecule has 0 aliphatic rings. The molecular formula is C10H21O2. The largest absolute Gasteiger partial charge is 0.381 e. The first-order valence-corrected chi connectivity index (χ1v) is 4.76. The van der Waals surface area contributed by atoms with Crippen LogP contribution in [0.5, 0.6) is 0 Å². The minimum absolute atomic E-state index is 0.362. The highest BCUT2D eigenvalue weighted by atomic mass is 16.5. The zero-order valence-electron chi connectivity index (χ0n) is 8.34. The van der Waals surface area contributed by atoms with E-state index in [1.54, 1.807) is 0 Å². The Labute approximate surface area is 76.3 Å². The van der Waals surface area contributed by atoms with E-state index in [0.29, 0.717) is 12.7 Å². The minimum atomic E-state index is 0.362. The molecule has 0 bridgehead atoms. The van der Waals surface area contributed by atoms with Crippen LogP contribution in [0.1, 0.15) is 33.1 Å². The minimum Gasteiger partial charge on any atom is -0.381 e. The summed E-state index contributed by atoms with van der Waals surface area (Å²) in [6, 6.07) is 0. The van der Waals surface area contributed by atoms with E-state index in [9.17, 15) is 0 Å². The fourth-order valence-corrected chi connectivity index (χ4v) is 0.904. The third-order valence-electron chi connectivity index (χ3n) is 1.53. The van der Waals surface area contributed by atoms with Gasteiger partial charge >= 0.3 is 0 Å². The Kier molecular flexibility index (Phi) is 8.95. The van der Waals surface area contributed by atoms with E-state index in [-0.39, 0.29) is 0 Å². The van der Waals surface area contributed by atoms with Gasteiger partial charge in [-0.05, 0) is 40.0 Å². The maximum atomic E-state index is 5.40. The van der Waals surface area contributed by atoms with Crippen LogP contribution in [0.3, 0.4) is 0 Å². The molecule has 0 fully saturated rings. The highest BCUT2D eigenvalue weighted by Crippen LogP contribution is 1.98. The maximum absolute atomic E-state index is 5.40. The third-order valence-corrected chi connectivity index (χ3v) is 1.53. The van der Waals surface area contributed by atoms with Crippen molar-refractivity contribution in [2.75, 3.05) is 19.8 Å². The van der Waals surface area contributed by atoms with E-state index in [1.807, 2.05) is 0 Å². The molecule has 0 saturated heterocycles. The molecule has 0 aromatic rings. The second-order valence-electron chi connectivity index (χ2n) is 3.09. The molecule has 0 unspecified atom stereocenters. The van der Waals surface area contributed by atoms with Gasteiger partial charge in [-0.3, -0.25) is 0 Å². The highest BCUT2D eigenvalue weighted by molar-refractivity contribution is 4.43. The van der Waals surface area contributed by atoms with Crippen molar-refractivity contribution in [3.8, 4) is 0 Å². The molecule has 1 radical (unpaired) electrons. The Hall–Kier alpha value is -0.0800. The van der Waals surface area contributed by atoms with E-state index in [4.69, 9.17) is 9.47 Å². The van der Waals surface area contributed by atoms with Crippen LogP contribution < -0.4 is 0 Å².